The van der Waals surface area contributed by atoms with E-state index < -0.39 is 0 Å². The van der Waals surface area contributed by atoms with E-state index in [9.17, 15) is 0 Å². The van der Waals surface area contributed by atoms with Crippen molar-refractivity contribution < 1.29 is 4.74 Å². The molecule has 10 heavy (non-hydrogen) atoms. The van der Waals surface area contributed by atoms with E-state index >= 15 is 0 Å². The third-order valence-corrected chi connectivity index (χ3v) is 1.51. The van der Waals surface area contributed by atoms with Crippen LogP contribution in [0.4, 0.5) is 0 Å². The Hall–Kier alpha value is -0.960. The molecule has 0 unspecified atom stereocenters. The van der Waals surface area contributed by atoms with E-state index in [0.717, 1.165) is 25.0 Å². The average Bonchev–Trinajstić information content (AvgIpc) is 2.04. The number of nitrogens with one attached hydrogen (secondary N) is 1. The molecule has 0 saturated carbocycles. The number of ether oxygens (including phenoxy) is 1. The van der Waals surface area contributed by atoms with Crippen LogP contribution in [0.2, 0.25) is 0 Å². The molecule has 0 atom stereocenters. The summed E-state index contributed by atoms with van der Waals surface area (Å²) in [6.07, 6.45) is 3.82. The highest BCUT2D eigenvalue weighted by molar-refractivity contribution is 5.20. The molecule has 0 aromatic carbocycles. The number of rotatable bonds is 2. The molecule has 1 aliphatic heterocycles. The minimum atomic E-state index is 0.668. The van der Waals surface area contributed by atoms with Crippen molar-refractivity contribution in [3.8, 4) is 0 Å². The molecule has 0 saturated heterocycles. The molecule has 0 aliphatic carbocycles. The predicted octanol–water partition coefficient (Wildman–Crippen LogP) is 0.658. The Morgan fingerprint density at radius 2 is 2.50 bits per heavy atom. The first-order valence-corrected chi connectivity index (χ1v) is 3.33. The normalized spacial score (nSPS) is 18.1. The number of hydrogen-bond acceptors (Lipinski definition) is 3. The first-order chi connectivity index (χ1) is 4.88. The van der Waals surface area contributed by atoms with E-state index in [-0.39, 0.29) is 0 Å². The standard InChI is InChI=1S/C7H12N2O/c1-2-6-4-3-5-10-7(6)9-8/h2,9H,1,3-5,8H2. The lowest BCUT2D eigenvalue weighted by atomic mass is 10.1. The summed E-state index contributed by atoms with van der Waals surface area (Å²) in [6, 6.07) is 0. The Morgan fingerprint density at radius 3 is 3.00 bits per heavy atom. The fraction of sp³-hybridized carbons (Fsp3) is 0.429. The van der Waals surface area contributed by atoms with Gasteiger partial charge in [0.25, 0.3) is 0 Å². The summed E-state index contributed by atoms with van der Waals surface area (Å²) in [5.74, 6) is 5.86. The highest BCUT2D eigenvalue weighted by Crippen LogP contribution is 2.16. The summed E-state index contributed by atoms with van der Waals surface area (Å²) in [7, 11) is 0. The van der Waals surface area contributed by atoms with E-state index in [1.54, 1.807) is 6.08 Å². The monoisotopic (exact) mass is 140 g/mol. The van der Waals surface area contributed by atoms with Crippen LogP contribution >= 0.6 is 0 Å². The van der Waals surface area contributed by atoms with Gasteiger partial charge in [-0.2, -0.15) is 0 Å². The van der Waals surface area contributed by atoms with Crippen LogP contribution in [0.3, 0.4) is 0 Å². The Morgan fingerprint density at radius 1 is 1.70 bits per heavy atom. The largest absolute Gasteiger partial charge is 0.478 e. The minimum Gasteiger partial charge on any atom is -0.478 e. The van der Waals surface area contributed by atoms with Gasteiger partial charge in [-0.15, -0.1) is 0 Å². The zero-order valence-corrected chi connectivity index (χ0v) is 5.89. The van der Waals surface area contributed by atoms with Gasteiger partial charge in [0.05, 0.1) is 6.61 Å². The molecule has 1 aliphatic rings. The van der Waals surface area contributed by atoms with Crippen molar-refractivity contribution in [3.63, 3.8) is 0 Å². The third kappa shape index (κ3) is 1.30. The van der Waals surface area contributed by atoms with Crippen LogP contribution in [-0.4, -0.2) is 6.61 Å². The first kappa shape index (κ1) is 7.15. The lowest BCUT2D eigenvalue weighted by Crippen LogP contribution is -2.26. The van der Waals surface area contributed by atoms with Gasteiger partial charge in [-0.25, -0.2) is 5.84 Å². The van der Waals surface area contributed by atoms with Gasteiger partial charge in [-0.1, -0.05) is 12.7 Å². The molecule has 0 bridgehead atoms. The zero-order chi connectivity index (χ0) is 7.40. The summed E-state index contributed by atoms with van der Waals surface area (Å²) >= 11 is 0. The second kappa shape index (κ2) is 3.27. The van der Waals surface area contributed by atoms with E-state index in [1.807, 2.05) is 0 Å². The van der Waals surface area contributed by atoms with Gasteiger partial charge in [-0.3, -0.25) is 5.43 Å². The van der Waals surface area contributed by atoms with Gasteiger partial charge in [0.1, 0.15) is 0 Å². The second-order valence-corrected chi connectivity index (χ2v) is 2.15. The van der Waals surface area contributed by atoms with Crippen LogP contribution in [0.15, 0.2) is 24.1 Å². The van der Waals surface area contributed by atoms with Crippen LogP contribution in [0.1, 0.15) is 12.8 Å². The summed E-state index contributed by atoms with van der Waals surface area (Å²) in [6.45, 7) is 4.40. The zero-order valence-electron chi connectivity index (χ0n) is 5.89. The number of hydrazine groups is 1. The topological polar surface area (TPSA) is 47.3 Å². The molecule has 3 nitrogen and oxygen atoms in total. The molecule has 0 aromatic heterocycles. The molecule has 1 heterocycles. The van der Waals surface area contributed by atoms with Gasteiger partial charge < -0.3 is 4.74 Å². The molecular formula is C7H12N2O. The fourth-order valence-electron chi connectivity index (χ4n) is 0.972. The van der Waals surface area contributed by atoms with Gasteiger partial charge >= 0.3 is 0 Å². The quantitative estimate of drug-likeness (QED) is 0.437. The second-order valence-electron chi connectivity index (χ2n) is 2.15. The van der Waals surface area contributed by atoms with Crippen molar-refractivity contribution in [1.82, 2.24) is 5.43 Å². The van der Waals surface area contributed by atoms with Crippen molar-refractivity contribution in [2.24, 2.45) is 5.84 Å². The van der Waals surface area contributed by atoms with Crippen molar-refractivity contribution in [1.29, 1.82) is 0 Å². The summed E-state index contributed by atoms with van der Waals surface area (Å²) in [5.41, 5.74) is 3.55. The molecule has 0 radical (unpaired) electrons. The van der Waals surface area contributed by atoms with Gasteiger partial charge in [0.15, 0.2) is 0 Å². The molecule has 56 valence electrons. The Bertz CT molecular complexity index is 163. The SMILES string of the molecule is C=CC1=C(NN)OCCC1. The van der Waals surface area contributed by atoms with E-state index in [2.05, 4.69) is 12.0 Å². The van der Waals surface area contributed by atoms with Crippen molar-refractivity contribution in [2.45, 2.75) is 12.8 Å². The Balaban J connectivity index is 2.72. The van der Waals surface area contributed by atoms with Gasteiger partial charge in [0.2, 0.25) is 5.88 Å². The number of allylic oxidation sites excluding steroid dienone is 2. The molecule has 1 rings (SSSR count). The van der Waals surface area contributed by atoms with Crippen LogP contribution in [0, 0.1) is 0 Å². The number of nitrogens with two attached hydrogens (primary N) is 1. The molecule has 0 aromatic rings. The average molecular weight is 140 g/mol. The summed E-state index contributed by atoms with van der Waals surface area (Å²) in [5, 5.41) is 0. The van der Waals surface area contributed by atoms with Crippen molar-refractivity contribution in [3.05, 3.63) is 24.1 Å². The van der Waals surface area contributed by atoms with Crippen molar-refractivity contribution >= 4 is 0 Å². The van der Waals surface area contributed by atoms with Crippen LogP contribution in [0.5, 0.6) is 0 Å². The molecule has 0 amide bonds. The van der Waals surface area contributed by atoms with E-state index in [0.29, 0.717) is 5.88 Å². The highest BCUT2D eigenvalue weighted by Gasteiger charge is 2.08. The smallest absolute Gasteiger partial charge is 0.204 e. The Labute approximate surface area is 60.5 Å². The van der Waals surface area contributed by atoms with E-state index in [1.165, 1.54) is 0 Å². The molecule has 0 fully saturated rings. The third-order valence-electron chi connectivity index (χ3n) is 1.51. The van der Waals surface area contributed by atoms with Crippen LogP contribution in [0.25, 0.3) is 0 Å². The highest BCUT2D eigenvalue weighted by atomic mass is 16.5. The summed E-state index contributed by atoms with van der Waals surface area (Å²) in [4.78, 5) is 0. The van der Waals surface area contributed by atoms with Gasteiger partial charge in [0, 0.05) is 5.57 Å². The number of hydrogen-bond donors (Lipinski definition) is 2. The lowest BCUT2D eigenvalue weighted by molar-refractivity contribution is 0.169. The maximum Gasteiger partial charge on any atom is 0.204 e. The lowest BCUT2D eigenvalue weighted by Gasteiger charge is -2.17. The minimum absolute atomic E-state index is 0.668. The molecule has 3 heteroatoms. The van der Waals surface area contributed by atoms with Crippen molar-refractivity contribution in [2.75, 3.05) is 6.61 Å². The fourth-order valence-corrected chi connectivity index (χ4v) is 0.972. The molecule has 0 spiro atoms. The molecular weight excluding hydrogens is 128 g/mol. The Kier molecular flexibility index (Phi) is 2.34. The van der Waals surface area contributed by atoms with Gasteiger partial charge in [-0.05, 0) is 12.8 Å². The molecule has 3 N–H and O–H groups in total. The summed E-state index contributed by atoms with van der Waals surface area (Å²) < 4.78 is 5.20. The maximum atomic E-state index is 5.20. The van der Waals surface area contributed by atoms with E-state index in [4.69, 9.17) is 10.6 Å². The van der Waals surface area contributed by atoms with Crippen LogP contribution in [-0.2, 0) is 4.74 Å². The first-order valence-electron chi connectivity index (χ1n) is 3.33. The predicted molar refractivity (Wildman–Crippen MR) is 39.7 cm³/mol. The maximum absolute atomic E-state index is 5.20. The van der Waals surface area contributed by atoms with Crippen LogP contribution < -0.4 is 11.3 Å².